The highest BCUT2D eigenvalue weighted by Crippen LogP contribution is 2.37. The minimum atomic E-state index is -0.449. The predicted octanol–water partition coefficient (Wildman–Crippen LogP) is 7.21. The van der Waals surface area contributed by atoms with Gasteiger partial charge in [-0.25, -0.2) is 9.48 Å². The number of carbonyl (C=O) groups excluding carboxylic acids is 1. The number of allylic oxidation sites excluding steroid dienone is 1. The summed E-state index contributed by atoms with van der Waals surface area (Å²) in [6.07, 6.45) is 6.35. The minimum Gasteiger partial charge on any atom is -0.461 e. The molecule has 0 aliphatic heterocycles. The van der Waals surface area contributed by atoms with Crippen LogP contribution in [-0.2, 0) is 4.74 Å². The zero-order valence-corrected chi connectivity index (χ0v) is 18.9. The number of rotatable bonds is 7. The van der Waals surface area contributed by atoms with Crippen LogP contribution in [0.1, 0.15) is 48.3 Å². The first-order valence-electron chi connectivity index (χ1n) is 9.44. The number of esters is 1. The Morgan fingerprint density at radius 2 is 2.07 bits per heavy atom. The van der Waals surface area contributed by atoms with Gasteiger partial charge in [0.05, 0.1) is 27.9 Å². The lowest BCUT2D eigenvalue weighted by Crippen LogP contribution is -2.08. The monoisotopic (exact) mass is 448 g/mol. The molecule has 0 aliphatic rings. The van der Waals surface area contributed by atoms with Crippen molar-refractivity contribution in [2.75, 3.05) is 6.61 Å². The van der Waals surface area contributed by atoms with E-state index in [-0.39, 0.29) is 12.3 Å². The van der Waals surface area contributed by atoms with E-state index in [0.717, 1.165) is 34.5 Å². The van der Waals surface area contributed by atoms with Crippen LogP contribution in [-0.4, -0.2) is 22.4 Å². The highest BCUT2D eigenvalue weighted by Gasteiger charge is 2.25. The molecule has 0 spiro atoms. The molecule has 0 bridgehead atoms. The van der Waals surface area contributed by atoms with Gasteiger partial charge in [0.2, 0.25) is 0 Å². The van der Waals surface area contributed by atoms with Gasteiger partial charge in [0.15, 0.2) is 5.69 Å². The first-order valence-corrected chi connectivity index (χ1v) is 11.1. The summed E-state index contributed by atoms with van der Waals surface area (Å²) in [6, 6.07) is 7.29. The fraction of sp³-hybridized carbons (Fsp3) is 0.273. The number of unbranched alkanes of at least 4 members (excludes halogenated alkanes) is 1. The molecule has 0 fully saturated rings. The van der Waals surface area contributed by atoms with E-state index >= 15 is 0 Å². The number of nitrogens with zero attached hydrogens (tertiary/aromatic N) is 2. The first-order chi connectivity index (χ1) is 14.0. The van der Waals surface area contributed by atoms with Crippen molar-refractivity contribution in [3.05, 3.63) is 62.6 Å². The normalized spacial score (nSPS) is 11.3. The van der Waals surface area contributed by atoms with Gasteiger partial charge >= 0.3 is 5.97 Å². The number of carbonyl (C=O) groups is 1. The summed E-state index contributed by atoms with van der Waals surface area (Å²) < 4.78 is 6.92. The Hall–Kier alpha value is -2.08. The van der Waals surface area contributed by atoms with Crippen LogP contribution in [0.2, 0.25) is 10.0 Å². The maximum atomic E-state index is 12.5. The van der Waals surface area contributed by atoms with Crippen LogP contribution in [0.4, 0.5) is 0 Å². The molecule has 0 atom stereocenters. The van der Waals surface area contributed by atoms with Gasteiger partial charge < -0.3 is 4.74 Å². The van der Waals surface area contributed by atoms with Crippen LogP contribution in [0, 0.1) is 6.92 Å². The quantitative estimate of drug-likeness (QED) is 0.358. The van der Waals surface area contributed by atoms with Crippen molar-refractivity contribution in [1.82, 2.24) is 9.78 Å². The molecule has 4 nitrogen and oxygen atoms in total. The molecule has 3 rings (SSSR count). The van der Waals surface area contributed by atoms with Crippen LogP contribution in [0.25, 0.3) is 22.3 Å². The third-order valence-electron chi connectivity index (χ3n) is 4.39. The largest absolute Gasteiger partial charge is 0.461 e. The number of aromatic nitrogens is 2. The van der Waals surface area contributed by atoms with Crippen molar-refractivity contribution in [3.8, 4) is 16.3 Å². The Balaban J connectivity index is 2.23. The van der Waals surface area contributed by atoms with Crippen LogP contribution in [0.3, 0.4) is 0 Å². The summed E-state index contributed by atoms with van der Waals surface area (Å²) in [5.41, 5.74) is 3.59. The number of hydrogen-bond acceptors (Lipinski definition) is 4. The number of thiophene rings is 1. The molecule has 2 heterocycles. The summed E-state index contributed by atoms with van der Waals surface area (Å²) in [7, 11) is 0. The lowest BCUT2D eigenvalue weighted by atomic mass is 10.1. The summed E-state index contributed by atoms with van der Waals surface area (Å²) in [5, 5.41) is 7.60. The zero-order chi connectivity index (χ0) is 21.0. The number of hydrogen-bond donors (Lipinski definition) is 0. The van der Waals surface area contributed by atoms with Crippen molar-refractivity contribution in [2.24, 2.45) is 0 Å². The molecule has 0 saturated carbocycles. The van der Waals surface area contributed by atoms with E-state index in [0.29, 0.717) is 15.7 Å². The van der Waals surface area contributed by atoms with Gasteiger partial charge in [-0.15, -0.1) is 11.3 Å². The average molecular weight is 449 g/mol. The summed E-state index contributed by atoms with van der Waals surface area (Å²) in [6.45, 7) is 6.09. The van der Waals surface area contributed by atoms with Crippen LogP contribution in [0.5, 0.6) is 0 Å². The smallest absolute Gasteiger partial charge is 0.359 e. The van der Waals surface area contributed by atoms with E-state index in [2.05, 4.69) is 30.2 Å². The second-order valence-corrected chi connectivity index (χ2v) is 8.21. The predicted molar refractivity (Wildman–Crippen MR) is 122 cm³/mol. The molecule has 29 heavy (non-hydrogen) atoms. The standard InChI is InChI=1S/C22H22Cl2N2O2S/c1-4-6-7-8-15-11-12-29-21(15)20-14(3)19(22(27)28-5-2)25-26(20)18-10-9-16(23)13-17(18)24/h7-13H,4-6H2,1-3H3. The maximum Gasteiger partial charge on any atom is 0.359 e. The van der Waals surface area contributed by atoms with Gasteiger partial charge in [-0.1, -0.05) is 48.7 Å². The fourth-order valence-corrected chi connectivity index (χ4v) is 4.47. The van der Waals surface area contributed by atoms with Crippen molar-refractivity contribution >= 4 is 46.6 Å². The Morgan fingerprint density at radius 3 is 2.76 bits per heavy atom. The molecule has 0 N–H and O–H groups in total. The molecule has 3 aromatic rings. The first kappa shape index (κ1) is 21.6. The van der Waals surface area contributed by atoms with Gasteiger partial charge in [-0.2, -0.15) is 5.10 Å². The lowest BCUT2D eigenvalue weighted by Gasteiger charge is -2.10. The van der Waals surface area contributed by atoms with Crippen molar-refractivity contribution in [3.63, 3.8) is 0 Å². The second-order valence-electron chi connectivity index (χ2n) is 6.45. The van der Waals surface area contributed by atoms with Crippen molar-refractivity contribution in [1.29, 1.82) is 0 Å². The van der Waals surface area contributed by atoms with E-state index in [9.17, 15) is 4.79 Å². The van der Waals surface area contributed by atoms with Gasteiger partial charge in [0, 0.05) is 10.6 Å². The number of benzene rings is 1. The number of ether oxygens (including phenoxy) is 1. The Labute approximate surface area is 184 Å². The molecule has 152 valence electrons. The van der Waals surface area contributed by atoms with E-state index in [1.807, 2.05) is 12.3 Å². The molecule has 0 saturated heterocycles. The molecule has 1 aromatic carbocycles. The molecule has 0 unspecified atom stereocenters. The van der Waals surface area contributed by atoms with Gasteiger partial charge in [-0.05, 0) is 55.5 Å². The topological polar surface area (TPSA) is 44.1 Å². The Kier molecular flexibility index (Phi) is 7.17. The second kappa shape index (κ2) is 9.61. The van der Waals surface area contributed by atoms with Gasteiger partial charge in [0.25, 0.3) is 0 Å². The van der Waals surface area contributed by atoms with Crippen molar-refractivity contribution in [2.45, 2.75) is 33.6 Å². The van der Waals surface area contributed by atoms with E-state index in [1.165, 1.54) is 0 Å². The van der Waals surface area contributed by atoms with Crippen molar-refractivity contribution < 1.29 is 9.53 Å². The molecule has 0 amide bonds. The van der Waals surface area contributed by atoms with E-state index in [1.54, 1.807) is 41.1 Å². The fourth-order valence-electron chi connectivity index (χ4n) is 3.00. The molecule has 0 radical (unpaired) electrons. The van der Waals surface area contributed by atoms with Crippen LogP contribution in [0.15, 0.2) is 35.7 Å². The van der Waals surface area contributed by atoms with Crippen LogP contribution >= 0.6 is 34.5 Å². The molecular weight excluding hydrogens is 427 g/mol. The molecule has 0 aliphatic carbocycles. The Bertz CT molecular complexity index is 1050. The third-order valence-corrected chi connectivity index (χ3v) is 5.87. The molecule has 2 aromatic heterocycles. The Morgan fingerprint density at radius 1 is 1.28 bits per heavy atom. The summed E-state index contributed by atoms with van der Waals surface area (Å²) >= 11 is 14.1. The zero-order valence-electron chi connectivity index (χ0n) is 16.5. The van der Waals surface area contributed by atoms with Gasteiger partial charge in [0.1, 0.15) is 0 Å². The molecule has 7 heteroatoms. The molecular formula is C22H22Cl2N2O2S. The lowest BCUT2D eigenvalue weighted by molar-refractivity contribution is 0.0518. The summed E-state index contributed by atoms with van der Waals surface area (Å²) in [4.78, 5) is 13.5. The summed E-state index contributed by atoms with van der Waals surface area (Å²) in [5.74, 6) is -0.449. The van der Waals surface area contributed by atoms with Gasteiger partial charge in [-0.3, -0.25) is 0 Å². The van der Waals surface area contributed by atoms with E-state index < -0.39 is 5.97 Å². The van der Waals surface area contributed by atoms with E-state index in [4.69, 9.17) is 27.9 Å². The average Bonchev–Trinajstić information content (AvgIpc) is 3.26. The number of halogens is 2. The highest BCUT2D eigenvalue weighted by atomic mass is 35.5. The highest BCUT2D eigenvalue weighted by molar-refractivity contribution is 7.13. The minimum absolute atomic E-state index is 0.282. The van der Waals surface area contributed by atoms with Crippen LogP contribution < -0.4 is 0 Å². The SMILES string of the molecule is CCCC=Cc1ccsc1-c1c(C)c(C(=O)OCC)nn1-c1ccc(Cl)cc1Cl. The third kappa shape index (κ3) is 4.58. The maximum absolute atomic E-state index is 12.5.